The summed E-state index contributed by atoms with van der Waals surface area (Å²) in [4.78, 5) is 7.51. The standard InChI is InChI=1S/C19H32N6O/c1-3-20-18(24-9-6-19(14-24)7-10-26-11-8-19)21-12-16-4-5-17-23-22-15(2)25(17)13-16/h16H,3-14H2,1-2H3,(H,20,21). The molecule has 144 valence electrons. The van der Waals surface area contributed by atoms with Crippen LogP contribution in [0.2, 0.25) is 0 Å². The van der Waals surface area contributed by atoms with Gasteiger partial charge in [0.1, 0.15) is 11.6 Å². The number of aromatic nitrogens is 3. The predicted octanol–water partition coefficient (Wildman–Crippen LogP) is 1.62. The first-order valence-corrected chi connectivity index (χ1v) is 10.2. The van der Waals surface area contributed by atoms with E-state index in [2.05, 4.69) is 31.9 Å². The van der Waals surface area contributed by atoms with Crippen LogP contribution in [0.1, 0.15) is 44.3 Å². The van der Waals surface area contributed by atoms with Crippen molar-refractivity contribution >= 4 is 5.96 Å². The molecule has 26 heavy (non-hydrogen) atoms. The van der Waals surface area contributed by atoms with E-state index in [9.17, 15) is 0 Å². The van der Waals surface area contributed by atoms with E-state index in [0.717, 1.165) is 76.4 Å². The van der Waals surface area contributed by atoms with E-state index in [1.807, 2.05) is 6.92 Å². The molecule has 0 amide bonds. The van der Waals surface area contributed by atoms with Crippen LogP contribution < -0.4 is 5.32 Å². The van der Waals surface area contributed by atoms with E-state index in [-0.39, 0.29) is 0 Å². The Morgan fingerprint density at radius 3 is 2.96 bits per heavy atom. The van der Waals surface area contributed by atoms with Crippen molar-refractivity contribution < 1.29 is 4.74 Å². The number of nitrogens with zero attached hydrogens (tertiary/aromatic N) is 5. The Morgan fingerprint density at radius 2 is 2.15 bits per heavy atom. The summed E-state index contributed by atoms with van der Waals surface area (Å²) in [5, 5.41) is 12.0. The van der Waals surface area contributed by atoms with Gasteiger partial charge in [0, 0.05) is 52.4 Å². The van der Waals surface area contributed by atoms with Crippen LogP contribution in [0.25, 0.3) is 0 Å². The molecule has 7 nitrogen and oxygen atoms in total. The van der Waals surface area contributed by atoms with Gasteiger partial charge in [-0.3, -0.25) is 4.99 Å². The van der Waals surface area contributed by atoms with Crippen LogP contribution in [0.15, 0.2) is 4.99 Å². The van der Waals surface area contributed by atoms with Gasteiger partial charge in [0.2, 0.25) is 0 Å². The van der Waals surface area contributed by atoms with Gasteiger partial charge in [-0.15, -0.1) is 10.2 Å². The summed E-state index contributed by atoms with van der Waals surface area (Å²) in [6, 6.07) is 0. The maximum absolute atomic E-state index is 5.58. The number of likely N-dealkylation sites (tertiary alicyclic amines) is 1. The fourth-order valence-electron chi connectivity index (χ4n) is 4.65. The van der Waals surface area contributed by atoms with Gasteiger partial charge in [0.25, 0.3) is 0 Å². The molecule has 1 aromatic rings. The number of ether oxygens (including phenoxy) is 1. The second-order valence-electron chi connectivity index (χ2n) is 8.16. The van der Waals surface area contributed by atoms with Crippen LogP contribution in [-0.2, 0) is 17.7 Å². The van der Waals surface area contributed by atoms with Crippen LogP contribution in [0.4, 0.5) is 0 Å². The molecule has 7 heteroatoms. The highest BCUT2D eigenvalue weighted by atomic mass is 16.5. The number of hydrogen-bond acceptors (Lipinski definition) is 4. The van der Waals surface area contributed by atoms with Gasteiger partial charge in [-0.1, -0.05) is 0 Å². The van der Waals surface area contributed by atoms with Crippen LogP contribution in [0.5, 0.6) is 0 Å². The molecule has 2 saturated heterocycles. The van der Waals surface area contributed by atoms with Crippen LogP contribution in [0, 0.1) is 18.3 Å². The van der Waals surface area contributed by atoms with Gasteiger partial charge in [0.05, 0.1) is 0 Å². The largest absolute Gasteiger partial charge is 0.381 e. The number of hydrogen-bond donors (Lipinski definition) is 1. The monoisotopic (exact) mass is 360 g/mol. The second-order valence-corrected chi connectivity index (χ2v) is 8.16. The van der Waals surface area contributed by atoms with Gasteiger partial charge >= 0.3 is 0 Å². The van der Waals surface area contributed by atoms with E-state index in [1.54, 1.807) is 0 Å². The lowest BCUT2D eigenvalue weighted by Crippen LogP contribution is -2.42. The predicted molar refractivity (Wildman–Crippen MR) is 101 cm³/mol. The lowest BCUT2D eigenvalue weighted by Gasteiger charge is -2.33. The minimum Gasteiger partial charge on any atom is -0.381 e. The molecule has 4 heterocycles. The smallest absolute Gasteiger partial charge is 0.193 e. The number of aryl methyl sites for hydroxylation is 2. The van der Waals surface area contributed by atoms with Crippen LogP contribution in [-0.4, -0.2) is 65.0 Å². The van der Waals surface area contributed by atoms with Crippen LogP contribution in [0.3, 0.4) is 0 Å². The summed E-state index contributed by atoms with van der Waals surface area (Å²) >= 11 is 0. The molecule has 0 saturated carbocycles. The fourth-order valence-corrected chi connectivity index (χ4v) is 4.65. The molecule has 1 spiro atoms. The lowest BCUT2D eigenvalue weighted by molar-refractivity contribution is 0.0217. The molecule has 2 fully saturated rings. The third-order valence-corrected chi connectivity index (χ3v) is 6.35. The van der Waals surface area contributed by atoms with Gasteiger partial charge in [-0.2, -0.15) is 0 Å². The summed E-state index contributed by atoms with van der Waals surface area (Å²) in [6.45, 7) is 11.1. The molecule has 0 bridgehead atoms. The highest BCUT2D eigenvalue weighted by Gasteiger charge is 2.40. The fraction of sp³-hybridized carbons (Fsp3) is 0.842. The molecule has 3 aliphatic rings. The molecular weight excluding hydrogens is 328 g/mol. The van der Waals surface area contributed by atoms with Crippen molar-refractivity contribution in [3.05, 3.63) is 11.6 Å². The highest BCUT2D eigenvalue weighted by Crippen LogP contribution is 2.39. The summed E-state index contributed by atoms with van der Waals surface area (Å²) in [7, 11) is 0. The normalized spacial score (nSPS) is 25.5. The first-order chi connectivity index (χ1) is 12.7. The molecule has 1 unspecified atom stereocenters. The lowest BCUT2D eigenvalue weighted by atomic mass is 9.80. The summed E-state index contributed by atoms with van der Waals surface area (Å²) in [5.41, 5.74) is 0.452. The highest BCUT2D eigenvalue weighted by molar-refractivity contribution is 5.80. The van der Waals surface area contributed by atoms with E-state index in [0.29, 0.717) is 11.3 Å². The van der Waals surface area contributed by atoms with Crippen molar-refractivity contribution in [2.24, 2.45) is 16.3 Å². The van der Waals surface area contributed by atoms with Crippen molar-refractivity contribution in [2.75, 3.05) is 39.4 Å². The zero-order valence-electron chi connectivity index (χ0n) is 16.2. The van der Waals surface area contributed by atoms with E-state index < -0.39 is 0 Å². The Balaban J connectivity index is 1.40. The molecular formula is C19H32N6O. The van der Waals surface area contributed by atoms with Crippen molar-refractivity contribution in [1.82, 2.24) is 25.0 Å². The summed E-state index contributed by atoms with van der Waals surface area (Å²) in [5.74, 6) is 3.84. The first-order valence-electron chi connectivity index (χ1n) is 10.2. The SMILES string of the molecule is CCNC(=NCC1CCc2nnc(C)n2C1)N1CCC2(CCOCC2)C1. The Labute approximate surface area is 156 Å². The Morgan fingerprint density at radius 1 is 1.31 bits per heavy atom. The average molecular weight is 361 g/mol. The third kappa shape index (κ3) is 3.59. The topological polar surface area (TPSA) is 67.6 Å². The van der Waals surface area contributed by atoms with Gasteiger partial charge in [-0.25, -0.2) is 0 Å². The molecule has 0 aromatic carbocycles. The Hall–Kier alpha value is -1.63. The van der Waals surface area contributed by atoms with Crippen LogP contribution >= 0.6 is 0 Å². The molecule has 3 aliphatic heterocycles. The molecule has 0 aliphatic carbocycles. The van der Waals surface area contributed by atoms with Gasteiger partial charge in [0.15, 0.2) is 5.96 Å². The maximum Gasteiger partial charge on any atom is 0.193 e. The second kappa shape index (κ2) is 7.55. The van der Waals surface area contributed by atoms with Gasteiger partial charge in [-0.05, 0) is 50.9 Å². The number of nitrogens with one attached hydrogen (secondary N) is 1. The van der Waals surface area contributed by atoms with E-state index >= 15 is 0 Å². The molecule has 1 atom stereocenters. The number of aliphatic imine (C=N–C) groups is 1. The van der Waals surface area contributed by atoms with Crippen molar-refractivity contribution in [3.63, 3.8) is 0 Å². The zero-order valence-corrected chi connectivity index (χ0v) is 16.2. The quantitative estimate of drug-likeness (QED) is 0.655. The van der Waals surface area contributed by atoms with Crippen molar-refractivity contribution in [2.45, 2.75) is 52.5 Å². The summed E-state index contributed by atoms with van der Waals surface area (Å²) < 4.78 is 7.85. The molecule has 0 radical (unpaired) electrons. The third-order valence-electron chi connectivity index (χ3n) is 6.35. The summed E-state index contributed by atoms with van der Waals surface area (Å²) in [6.07, 6.45) is 5.84. The minimum absolute atomic E-state index is 0.452. The Kier molecular flexibility index (Phi) is 5.16. The Bertz CT molecular complexity index is 648. The number of fused-ring (bicyclic) bond motifs is 1. The first kappa shape index (κ1) is 17.8. The molecule has 4 rings (SSSR count). The zero-order chi connectivity index (χ0) is 18.0. The van der Waals surface area contributed by atoms with Gasteiger partial charge < -0.3 is 19.5 Å². The minimum atomic E-state index is 0.452. The molecule has 1 aromatic heterocycles. The maximum atomic E-state index is 5.58. The number of guanidine groups is 1. The van der Waals surface area contributed by atoms with E-state index in [1.165, 1.54) is 19.3 Å². The van der Waals surface area contributed by atoms with Crippen molar-refractivity contribution in [3.8, 4) is 0 Å². The average Bonchev–Trinajstić information content (AvgIpc) is 3.23. The molecule has 1 N–H and O–H groups in total. The van der Waals surface area contributed by atoms with Crippen molar-refractivity contribution in [1.29, 1.82) is 0 Å². The number of rotatable bonds is 3. The van der Waals surface area contributed by atoms with E-state index in [4.69, 9.17) is 9.73 Å².